The quantitative estimate of drug-likeness (QED) is 0.502. The van der Waals surface area contributed by atoms with Crippen molar-refractivity contribution in [1.29, 1.82) is 0 Å². The average Bonchev–Trinajstić information content (AvgIpc) is 3.56. The fourth-order valence-corrected chi connectivity index (χ4v) is 5.14. The van der Waals surface area contributed by atoms with Gasteiger partial charge in [0, 0.05) is 54.9 Å². The van der Waals surface area contributed by atoms with E-state index in [0.717, 1.165) is 52.4 Å². The molecule has 6 heterocycles. The molecule has 2 aliphatic heterocycles. The van der Waals surface area contributed by atoms with Gasteiger partial charge in [0.1, 0.15) is 0 Å². The molecular formula is C22H23N7OS. The third kappa shape index (κ3) is 3.17. The molecule has 0 aromatic carbocycles. The summed E-state index contributed by atoms with van der Waals surface area (Å²) in [5, 5.41) is 13.3. The van der Waals surface area contributed by atoms with Crippen molar-refractivity contribution in [3.05, 3.63) is 59.0 Å². The number of likely N-dealkylation sites (N-methyl/N-ethyl adjacent to an activating group) is 1. The van der Waals surface area contributed by atoms with Gasteiger partial charge >= 0.3 is 0 Å². The zero-order valence-electron chi connectivity index (χ0n) is 16.3. The summed E-state index contributed by atoms with van der Waals surface area (Å²) in [7, 11) is 2.11. The number of carbonyl (C=O) groups excluding carboxylic acids is 1. The average molecular weight is 434 g/mol. The second-order valence-electron chi connectivity index (χ2n) is 7.78. The summed E-state index contributed by atoms with van der Waals surface area (Å²) in [5.41, 5.74) is 5.92. The van der Waals surface area contributed by atoms with E-state index in [4.69, 9.17) is 0 Å². The van der Waals surface area contributed by atoms with Crippen LogP contribution in [0.3, 0.4) is 0 Å². The van der Waals surface area contributed by atoms with Gasteiger partial charge in [-0.1, -0.05) is 13.5 Å². The minimum atomic E-state index is 0. The second kappa shape index (κ2) is 7.44. The summed E-state index contributed by atoms with van der Waals surface area (Å²) in [6.07, 6.45) is 11.4. The van der Waals surface area contributed by atoms with Gasteiger partial charge in [0.25, 0.3) is 5.91 Å². The lowest BCUT2D eigenvalue weighted by atomic mass is 10.1. The van der Waals surface area contributed by atoms with Crippen molar-refractivity contribution in [2.75, 3.05) is 26.7 Å². The van der Waals surface area contributed by atoms with Crippen LogP contribution < -0.4 is 0 Å². The molecule has 0 radical (unpaired) electrons. The van der Waals surface area contributed by atoms with Crippen molar-refractivity contribution in [2.24, 2.45) is 0 Å². The molecular weight excluding hydrogens is 410 g/mol. The van der Waals surface area contributed by atoms with E-state index < -0.39 is 0 Å². The maximum absolute atomic E-state index is 13.1. The number of hydrogen-bond acceptors (Lipinski definition) is 6. The number of aromatic amines is 1. The van der Waals surface area contributed by atoms with Gasteiger partial charge in [-0.05, 0) is 29.6 Å². The molecule has 1 saturated heterocycles. The number of likely N-dealkylation sites (tertiary alicyclic amines) is 1. The molecule has 0 bridgehead atoms. The summed E-state index contributed by atoms with van der Waals surface area (Å²) in [4.78, 5) is 22.7. The highest BCUT2D eigenvalue weighted by Crippen LogP contribution is 2.32. The lowest BCUT2D eigenvalue weighted by Crippen LogP contribution is -2.34. The van der Waals surface area contributed by atoms with Crippen molar-refractivity contribution in [3.63, 3.8) is 0 Å². The number of aromatic nitrogens is 5. The first-order chi connectivity index (χ1) is 14.7. The van der Waals surface area contributed by atoms with Gasteiger partial charge in [-0.25, -0.2) is 9.50 Å². The molecule has 6 rings (SSSR count). The van der Waals surface area contributed by atoms with Crippen molar-refractivity contribution in [1.82, 2.24) is 34.6 Å². The number of rotatable bonds is 3. The van der Waals surface area contributed by atoms with Crippen LogP contribution in [-0.4, -0.2) is 73.2 Å². The number of hydrogen-bond donors (Lipinski definition) is 1. The maximum Gasteiger partial charge on any atom is 0.264 e. The molecule has 1 unspecified atom stereocenters. The third-order valence-corrected chi connectivity index (χ3v) is 6.88. The fraction of sp³-hybridized carbons (Fsp3) is 0.273. The lowest BCUT2D eigenvalue weighted by Gasteiger charge is -2.19. The van der Waals surface area contributed by atoms with E-state index in [9.17, 15) is 4.79 Å². The van der Waals surface area contributed by atoms with Crippen molar-refractivity contribution in [2.45, 2.75) is 13.5 Å². The first kappa shape index (κ1) is 19.7. The molecule has 4 aromatic heterocycles. The molecule has 0 saturated carbocycles. The van der Waals surface area contributed by atoms with E-state index >= 15 is 0 Å². The number of amides is 1. The highest BCUT2D eigenvalue weighted by Gasteiger charge is 2.36. The van der Waals surface area contributed by atoms with Crippen LogP contribution in [0.4, 0.5) is 0 Å². The largest absolute Gasteiger partial charge is 0.332 e. The van der Waals surface area contributed by atoms with Gasteiger partial charge in [0.05, 0.1) is 23.3 Å². The van der Waals surface area contributed by atoms with Gasteiger partial charge in [-0.3, -0.25) is 14.8 Å². The topological polar surface area (TPSA) is 82.4 Å². The number of thiophene rings is 1. The van der Waals surface area contributed by atoms with Gasteiger partial charge in [0.15, 0.2) is 5.65 Å². The Labute approximate surface area is 183 Å². The molecule has 1 fully saturated rings. The second-order valence-corrected chi connectivity index (χ2v) is 8.69. The summed E-state index contributed by atoms with van der Waals surface area (Å²) in [6, 6.07) is 2.34. The maximum atomic E-state index is 13.1. The number of nitrogens with zero attached hydrogens (tertiary/aromatic N) is 6. The van der Waals surface area contributed by atoms with Crippen LogP contribution in [0.2, 0.25) is 0 Å². The predicted molar refractivity (Wildman–Crippen MR) is 121 cm³/mol. The molecule has 8 nitrogen and oxygen atoms in total. The molecule has 0 aliphatic carbocycles. The van der Waals surface area contributed by atoms with Crippen LogP contribution in [0.5, 0.6) is 0 Å². The SMILES string of the molecule is C.CN1CC=C2CN(C(=O)c3cc(-c4cnn5cc(-c6cn[nH]c6)cnc45)cs3)CC21. The smallest absolute Gasteiger partial charge is 0.264 e. The Balaban J connectivity index is 0.00000204. The third-order valence-electron chi connectivity index (χ3n) is 5.96. The molecule has 9 heteroatoms. The Hall–Kier alpha value is -3.30. The first-order valence-corrected chi connectivity index (χ1v) is 10.7. The van der Waals surface area contributed by atoms with Crippen LogP contribution in [0, 0.1) is 0 Å². The molecule has 0 spiro atoms. The normalized spacial score (nSPS) is 18.3. The van der Waals surface area contributed by atoms with E-state index in [0.29, 0.717) is 6.04 Å². The van der Waals surface area contributed by atoms with Crippen LogP contribution >= 0.6 is 11.3 Å². The Morgan fingerprint density at radius 3 is 2.94 bits per heavy atom. The van der Waals surface area contributed by atoms with E-state index in [1.165, 1.54) is 16.9 Å². The summed E-state index contributed by atoms with van der Waals surface area (Å²) in [6.45, 7) is 2.48. The van der Waals surface area contributed by atoms with Crippen LogP contribution in [0.25, 0.3) is 27.9 Å². The predicted octanol–water partition coefficient (Wildman–Crippen LogP) is 3.18. The Morgan fingerprint density at radius 1 is 1.23 bits per heavy atom. The first-order valence-electron chi connectivity index (χ1n) is 9.77. The monoisotopic (exact) mass is 433 g/mol. The zero-order chi connectivity index (χ0) is 20.2. The zero-order valence-corrected chi connectivity index (χ0v) is 17.1. The molecule has 1 amide bonds. The standard InChI is InChI=1S/C21H19N7OS.CH4/c1-26-3-2-13-9-27(11-18(13)26)21(29)19-4-14(12-30-19)17-8-25-28-10-16(5-22-20(17)28)15-6-23-24-7-15;/h2,4-8,10,12,18H,3,9,11H2,1H3,(H,23,24);1H4. The van der Waals surface area contributed by atoms with Gasteiger partial charge in [-0.15, -0.1) is 11.3 Å². The van der Waals surface area contributed by atoms with Crippen molar-refractivity contribution in [3.8, 4) is 22.3 Å². The molecule has 1 N–H and O–H groups in total. The highest BCUT2D eigenvalue weighted by atomic mass is 32.1. The molecule has 158 valence electrons. The van der Waals surface area contributed by atoms with Crippen molar-refractivity contribution >= 4 is 22.9 Å². The molecule has 1 atom stereocenters. The minimum Gasteiger partial charge on any atom is -0.332 e. The number of carbonyl (C=O) groups is 1. The lowest BCUT2D eigenvalue weighted by molar-refractivity contribution is 0.0786. The van der Waals surface area contributed by atoms with Crippen LogP contribution in [-0.2, 0) is 0 Å². The minimum absolute atomic E-state index is 0. The van der Waals surface area contributed by atoms with E-state index in [1.54, 1.807) is 16.9 Å². The Morgan fingerprint density at radius 2 is 2.13 bits per heavy atom. The fourth-order valence-electron chi connectivity index (χ4n) is 4.26. The van der Waals surface area contributed by atoms with Crippen LogP contribution in [0.15, 0.2) is 54.1 Å². The van der Waals surface area contributed by atoms with Gasteiger partial charge in [0.2, 0.25) is 0 Å². The van der Waals surface area contributed by atoms with E-state index in [1.807, 2.05) is 34.9 Å². The number of nitrogens with one attached hydrogen (secondary N) is 1. The van der Waals surface area contributed by atoms with Gasteiger partial charge in [-0.2, -0.15) is 10.2 Å². The highest BCUT2D eigenvalue weighted by molar-refractivity contribution is 7.12. The Kier molecular flexibility index (Phi) is 4.71. The number of fused-ring (bicyclic) bond motifs is 2. The van der Waals surface area contributed by atoms with Gasteiger partial charge < -0.3 is 4.90 Å². The summed E-state index contributed by atoms with van der Waals surface area (Å²) >= 11 is 1.48. The summed E-state index contributed by atoms with van der Waals surface area (Å²) < 4.78 is 1.76. The summed E-state index contributed by atoms with van der Waals surface area (Å²) in [5.74, 6) is 0.0987. The molecule has 2 aliphatic rings. The van der Waals surface area contributed by atoms with Crippen molar-refractivity contribution < 1.29 is 4.79 Å². The van der Waals surface area contributed by atoms with Crippen LogP contribution in [0.1, 0.15) is 17.1 Å². The number of H-pyrrole nitrogens is 1. The van der Waals surface area contributed by atoms with E-state index in [2.05, 4.69) is 38.3 Å². The molecule has 31 heavy (non-hydrogen) atoms. The van der Waals surface area contributed by atoms with E-state index in [-0.39, 0.29) is 13.3 Å². The Bertz CT molecular complexity index is 1290. The molecule has 4 aromatic rings.